The van der Waals surface area contributed by atoms with Gasteiger partial charge in [-0.15, -0.1) is 0 Å². The third kappa shape index (κ3) is 5.47. The molecule has 0 saturated heterocycles. The predicted octanol–water partition coefficient (Wildman–Crippen LogP) is 2.25. The Morgan fingerprint density at radius 1 is 1.27 bits per heavy atom. The van der Waals surface area contributed by atoms with Gasteiger partial charge in [-0.25, -0.2) is 18.2 Å². The first kappa shape index (κ1) is 19.7. The van der Waals surface area contributed by atoms with Gasteiger partial charge < -0.3 is 9.47 Å². The number of nitrogens with zero attached hydrogens (tertiary/aromatic N) is 2. The van der Waals surface area contributed by atoms with Crippen molar-refractivity contribution in [1.82, 2.24) is 4.98 Å². The predicted molar refractivity (Wildman–Crippen MR) is 99.6 cm³/mol. The van der Waals surface area contributed by atoms with Crippen LogP contribution >= 0.6 is 0 Å². The molecular formula is C18H20N2O5S. The van der Waals surface area contributed by atoms with Crippen LogP contribution in [0.4, 0.5) is 0 Å². The number of fused-ring (bicyclic) bond motifs is 1. The molecule has 1 aromatic heterocycles. The molecule has 0 spiro atoms. The van der Waals surface area contributed by atoms with E-state index in [1.54, 1.807) is 6.92 Å². The van der Waals surface area contributed by atoms with Crippen LogP contribution in [0.2, 0.25) is 0 Å². The number of sulfonamides is 1. The minimum absolute atomic E-state index is 0.0401. The second-order valence-corrected chi connectivity index (χ2v) is 7.07. The Morgan fingerprint density at radius 3 is 2.65 bits per heavy atom. The number of aromatic nitrogens is 1. The zero-order valence-electron chi connectivity index (χ0n) is 14.8. The highest BCUT2D eigenvalue weighted by Crippen LogP contribution is 2.19. The molecule has 0 radical (unpaired) electrons. The van der Waals surface area contributed by atoms with Crippen molar-refractivity contribution in [3.63, 3.8) is 0 Å². The second kappa shape index (κ2) is 8.68. The third-order valence-electron chi connectivity index (χ3n) is 3.27. The van der Waals surface area contributed by atoms with Crippen molar-refractivity contribution < 1.29 is 22.7 Å². The van der Waals surface area contributed by atoms with Gasteiger partial charge in [0.2, 0.25) is 0 Å². The summed E-state index contributed by atoms with van der Waals surface area (Å²) in [7, 11) is -2.18. The van der Waals surface area contributed by atoms with Crippen molar-refractivity contribution in [2.45, 2.75) is 13.5 Å². The Hall–Kier alpha value is -2.58. The fourth-order valence-corrected chi connectivity index (χ4v) is 2.82. The van der Waals surface area contributed by atoms with Crippen LogP contribution in [0, 0.1) is 0 Å². The summed E-state index contributed by atoms with van der Waals surface area (Å²) < 4.78 is 37.2. The van der Waals surface area contributed by atoms with Gasteiger partial charge in [-0.2, -0.15) is 4.40 Å². The van der Waals surface area contributed by atoms with Crippen LogP contribution in [-0.4, -0.2) is 45.1 Å². The fraction of sp³-hybridized carbons (Fsp3) is 0.278. The quantitative estimate of drug-likeness (QED) is 0.418. The van der Waals surface area contributed by atoms with Gasteiger partial charge in [0.25, 0.3) is 10.0 Å². The summed E-state index contributed by atoms with van der Waals surface area (Å²) in [5.41, 5.74) is 1.70. The summed E-state index contributed by atoms with van der Waals surface area (Å²) >= 11 is 0. The van der Waals surface area contributed by atoms with Crippen molar-refractivity contribution in [2.24, 2.45) is 4.40 Å². The molecule has 26 heavy (non-hydrogen) atoms. The van der Waals surface area contributed by atoms with E-state index in [1.807, 2.05) is 30.3 Å². The molecule has 2 rings (SSSR count). The summed E-state index contributed by atoms with van der Waals surface area (Å²) in [4.78, 5) is 16.1. The van der Waals surface area contributed by atoms with E-state index in [-0.39, 0.29) is 18.9 Å². The molecule has 0 unspecified atom stereocenters. The molecule has 0 N–H and O–H groups in total. The number of esters is 1. The summed E-state index contributed by atoms with van der Waals surface area (Å²) in [6, 6.07) is 9.27. The number of hydrogen-bond donors (Lipinski definition) is 0. The highest BCUT2D eigenvalue weighted by atomic mass is 32.2. The fourth-order valence-electron chi connectivity index (χ4n) is 2.32. The lowest BCUT2D eigenvalue weighted by molar-refractivity contribution is -0.137. The number of carbonyl (C=O) groups is 1. The maximum absolute atomic E-state index is 11.7. The summed E-state index contributed by atoms with van der Waals surface area (Å²) in [6.45, 7) is 2.10. The standard InChI is InChI=1S/C18H20N2O5S/c1-4-25-17(21)10-9-16(20-26(3,22)23)18-14(12-24-2)11-13-7-5-6-8-15(13)19-18/h5-11H,4,12H2,1-3H3/b10-9+,20-16-. The van der Waals surface area contributed by atoms with Gasteiger partial charge in [-0.3, -0.25) is 0 Å². The number of pyridine rings is 1. The van der Waals surface area contributed by atoms with E-state index in [0.29, 0.717) is 16.8 Å². The van der Waals surface area contributed by atoms with Gasteiger partial charge in [-0.05, 0) is 25.1 Å². The van der Waals surface area contributed by atoms with E-state index in [0.717, 1.165) is 17.7 Å². The Labute approximate surface area is 152 Å². The molecule has 8 heteroatoms. The SMILES string of the molecule is CCOC(=O)/C=C/C(=N/S(C)(=O)=O)c1nc2ccccc2cc1COC. The Kier molecular flexibility index (Phi) is 6.59. The van der Waals surface area contributed by atoms with E-state index in [9.17, 15) is 13.2 Å². The Balaban J connectivity index is 2.64. The molecule has 0 fully saturated rings. The molecule has 7 nitrogen and oxygen atoms in total. The van der Waals surface area contributed by atoms with Crippen LogP contribution in [0.5, 0.6) is 0 Å². The number of para-hydroxylation sites is 1. The smallest absolute Gasteiger partial charge is 0.330 e. The van der Waals surface area contributed by atoms with Crippen molar-refractivity contribution >= 4 is 32.6 Å². The molecule has 2 aromatic rings. The van der Waals surface area contributed by atoms with Crippen LogP contribution < -0.4 is 0 Å². The maximum Gasteiger partial charge on any atom is 0.330 e. The normalized spacial score (nSPS) is 12.7. The lowest BCUT2D eigenvalue weighted by Crippen LogP contribution is -2.11. The number of hydrogen-bond acceptors (Lipinski definition) is 6. The van der Waals surface area contributed by atoms with Gasteiger partial charge in [0.1, 0.15) is 5.71 Å². The largest absolute Gasteiger partial charge is 0.463 e. The molecule has 0 aliphatic heterocycles. The van der Waals surface area contributed by atoms with Crippen LogP contribution in [0.1, 0.15) is 18.2 Å². The number of benzene rings is 1. The lowest BCUT2D eigenvalue weighted by atomic mass is 10.1. The van der Waals surface area contributed by atoms with Crippen molar-refractivity contribution in [1.29, 1.82) is 0 Å². The van der Waals surface area contributed by atoms with Crippen LogP contribution in [0.3, 0.4) is 0 Å². The van der Waals surface area contributed by atoms with Crippen LogP contribution in [-0.2, 0) is 30.9 Å². The van der Waals surface area contributed by atoms with Gasteiger partial charge in [0.05, 0.1) is 30.7 Å². The third-order valence-corrected chi connectivity index (χ3v) is 3.80. The average molecular weight is 376 g/mol. The van der Waals surface area contributed by atoms with E-state index in [1.165, 1.54) is 13.2 Å². The monoisotopic (exact) mass is 376 g/mol. The highest BCUT2D eigenvalue weighted by Gasteiger charge is 2.14. The molecule has 0 atom stereocenters. The summed E-state index contributed by atoms with van der Waals surface area (Å²) in [5.74, 6) is -0.595. The number of rotatable bonds is 7. The molecular weight excluding hydrogens is 356 g/mol. The van der Waals surface area contributed by atoms with E-state index < -0.39 is 16.0 Å². The van der Waals surface area contributed by atoms with Gasteiger partial charge in [0.15, 0.2) is 0 Å². The number of ether oxygens (including phenoxy) is 2. The molecule has 0 aliphatic rings. The van der Waals surface area contributed by atoms with E-state index >= 15 is 0 Å². The van der Waals surface area contributed by atoms with Gasteiger partial charge in [0, 0.05) is 24.1 Å². The Morgan fingerprint density at radius 2 is 2.00 bits per heavy atom. The average Bonchev–Trinajstić information content (AvgIpc) is 2.57. The molecule has 0 saturated carbocycles. The topological polar surface area (TPSA) is 94.9 Å². The van der Waals surface area contributed by atoms with Gasteiger partial charge >= 0.3 is 5.97 Å². The number of allylic oxidation sites excluding steroid dienone is 1. The zero-order valence-corrected chi connectivity index (χ0v) is 15.6. The summed E-state index contributed by atoms with van der Waals surface area (Å²) in [6.07, 6.45) is 3.39. The Bertz CT molecular complexity index is 965. The van der Waals surface area contributed by atoms with E-state index in [2.05, 4.69) is 9.38 Å². The summed E-state index contributed by atoms with van der Waals surface area (Å²) in [5, 5.41) is 0.886. The van der Waals surface area contributed by atoms with Crippen molar-refractivity contribution in [2.75, 3.05) is 20.0 Å². The first-order chi connectivity index (χ1) is 12.3. The molecule has 0 amide bonds. The molecule has 138 valence electrons. The first-order valence-corrected chi connectivity index (χ1v) is 9.71. The number of methoxy groups -OCH3 is 1. The maximum atomic E-state index is 11.7. The second-order valence-electron chi connectivity index (χ2n) is 5.42. The highest BCUT2D eigenvalue weighted by molar-refractivity contribution is 7.89. The minimum atomic E-state index is -3.71. The van der Waals surface area contributed by atoms with Gasteiger partial charge in [-0.1, -0.05) is 18.2 Å². The van der Waals surface area contributed by atoms with Crippen molar-refractivity contribution in [3.05, 3.63) is 53.7 Å². The molecule has 1 aromatic carbocycles. The zero-order chi connectivity index (χ0) is 19.2. The lowest BCUT2D eigenvalue weighted by Gasteiger charge is -2.10. The molecule has 0 aliphatic carbocycles. The first-order valence-electron chi connectivity index (χ1n) is 7.86. The van der Waals surface area contributed by atoms with Crippen LogP contribution in [0.25, 0.3) is 10.9 Å². The molecule has 1 heterocycles. The van der Waals surface area contributed by atoms with Crippen molar-refractivity contribution in [3.8, 4) is 0 Å². The minimum Gasteiger partial charge on any atom is -0.463 e. The number of carbonyl (C=O) groups excluding carboxylic acids is 1. The van der Waals surface area contributed by atoms with Crippen LogP contribution in [0.15, 0.2) is 46.9 Å². The molecule has 0 bridgehead atoms. The van der Waals surface area contributed by atoms with E-state index in [4.69, 9.17) is 9.47 Å².